The Morgan fingerprint density at radius 3 is 2.85 bits per heavy atom. The summed E-state index contributed by atoms with van der Waals surface area (Å²) in [5.41, 5.74) is 0.594. The lowest BCUT2D eigenvalue weighted by molar-refractivity contribution is 0.387. The van der Waals surface area contributed by atoms with Gasteiger partial charge in [-0.15, -0.1) is 0 Å². The number of fused-ring (bicyclic) bond motifs is 1. The third kappa shape index (κ3) is 1.37. The molecule has 5 nitrogen and oxygen atoms in total. The lowest BCUT2D eigenvalue weighted by Gasteiger charge is -2.02. The van der Waals surface area contributed by atoms with Crippen LogP contribution in [0.4, 0.5) is 0 Å². The van der Waals surface area contributed by atoms with Crippen LogP contribution in [0, 0.1) is 0 Å². The van der Waals surface area contributed by atoms with E-state index < -0.39 is 7.60 Å². The van der Waals surface area contributed by atoms with Crippen LogP contribution in [0.25, 0.3) is 11.1 Å². The molecule has 2 aromatic rings. The second kappa shape index (κ2) is 2.67. The average molecular weight is 199 g/mol. The molecule has 0 atom stereocenters. The molecule has 2 rings (SSSR count). The number of pyridine rings is 1. The van der Waals surface area contributed by atoms with Crippen LogP contribution in [0.5, 0.6) is 0 Å². The first-order valence-electron chi connectivity index (χ1n) is 3.47. The van der Waals surface area contributed by atoms with Crippen molar-refractivity contribution in [1.82, 2.24) is 4.98 Å². The highest BCUT2D eigenvalue weighted by atomic mass is 31.2. The van der Waals surface area contributed by atoms with Crippen LogP contribution >= 0.6 is 7.60 Å². The predicted octanol–water partition coefficient (Wildman–Crippen LogP) is 0.631. The van der Waals surface area contributed by atoms with Crippen LogP contribution in [0.15, 0.2) is 29.0 Å². The SMILES string of the molecule is O=P(O)(O)c1ccnc2ccoc12. The van der Waals surface area contributed by atoms with Gasteiger partial charge in [-0.05, 0) is 6.07 Å². The third-order valence-corrected chi connectivity index (χ3v) is 2.62. The molecule has 2 N–H and O–H groups in total. The lowest BCUT2D eigenvalue weighted by atomic mass is 10.4. The first kappa shape index (κ1) is 8.44. The van der Waals surface area contributed by atoms with Gasteiger partial charge in [-0.1, -0.05) is 0 Å². The first-order chi connectivity index (χ1) is 6.09. The van der Waals surface area contributed by atoms with Crippen molar-refractivity contribution in [2.75, 3.05) is 0 Å². The number of hydrogen-bond acceptors (Lipinski definition) is 3. The third-order valence-electron chi connectivity index (χ3n) is 1.64. The molecule has 0 unspecified atom stereocenters. The largest absolute Gasteiger partial charge is 0.462 e. The van der Waals surface area contributed by atoms with Crippen molar-refractivity contribution in [1.29, 1.82) is 0 Å². The van der Waals surface area contributed by atoms with Gasteiger partial charge in [-0.2, -0.15) is 0 Å². The first-order valence-corrected chi connectivity index (χ1v) is 5.08. The van der Waals surface area contributed by atoms with Gasteiger partial charge in [0.15, 0.2) is 5.58 Å². The Morgan fingerprint density at radius 2 is 2.15 bits per heavy atom. The molecule has 0 saturated carbocycles. The standard InChI is InChI=1S/C7H6NO4P/c9-13(10,11)6-1-3-8-5-2-4-12-7(5)6/h1-4H,(H2,9,10,11). The van der Waals surface area contributed by atoms with Crippen molar-refractivity contribution in [2.45, 2.75) is 0 Å². The van der Waals surface area contributed by atoms with Crippen molar-refractivity contribution < 1.29 is 18.8 Å². The molecule has 0 bridgehead atoms. The van der Waals surface area contributed by atoms with E-state index in [2.05, 4.69) is 4.98 Å². The highest BCUT2D eigenvalue weighted by Gasteiger charge is 2.22. The molecule has 0 spiro atoms. The van der Waals surface area contributed by atoms with E-state index in [9.17, 15) is 4.57 Å². The van der Waals surface area contributed by atoms with Crippen LogP contribution in [-0.2, 0) is 4.57 Å². The maximum absolute atomic E-state index is 11.0. The summed E-state index contributed by atoms with van der Waals surface area (Å²) in [6.07, 6.45) is 2.68. The molecule has 0 amide bonds. The molecular formula is C7H6NO4P. The summed E-state index contributed by atoms with van der Waals surface area (Å²) in [6, 6.07) is 2.81. The van der Waals surface area contributed by atoms with E-state index in [0.29, 0.717) is 5.52 Å². The van der Waals surface area contributed by atoms with E-state index >= 15 is 0 Å². The number of nitrogens with zero attached hydrogens (tertiary/aromatic N) is 1. The summed E-state index contributed by atoms with van der Waals surface area (Å²) < 4.78 is 15.9. The van der Waals surface area contributed by atoms with Crippen LogP contribution in [-0.4, -0.2) is 14.8 Å². The number of furan rings is 1. The monoisotopic (exact) mass is 199 g/mol. The molecule has 0 aliphatic rings. The van der Waals surface area contributed by atoms with Crippen LogP contribution in [0.1, 0.15) is 0 Å². The highest BCUT2D eigenvalue weighted by molar-refractivity contribution is 7.60. The van der Waals surface area contributed by atoms with Crippen molar-refractivity contribution in [3.05, 3.63) is 24.6 Å². The zero-order valence-electron chi connectivity index (χ0n) is 6.41. The fourth-order valence-corrected chi connectivity index (χ4v) is 1.78. The zero-order valence-corrected chi connectivity index (χ0v) is 7.31. The van der Waals surface area contributed by atoms with E-state index in [4.69, 9.17) is 14.2 Å². The summed E-state index contributed by atoms with van der Waals surface area (Å²) in [6.45, 7) is 0. The van der Waals surface area contributed by atoms with Crippen LogP contribution < -0.4 is 5.30 Å². The van der Waals surface area contributed by atoms with Gasteiger partial charge < -0.3 is 14.2 Å². The van der Waals surface area contributed by atoms with Gasteiger partial charge in [0.1, 0.15) is 10.8 Å². The smallest absolute Gasteiger partial charge is 0.360 e. The molecule has 2 aromatic heterocycles. The summed E-state index contributed by atoms with van der Waals surface area (Å²) >= 11 is 0. The molecule has 0 fully saturated rings. The molecule has 0 aliphatic heterocycles. The minimum atomic E-state index is -4.26. The van der Waals surface area contributed by atoms with E-state index in [0.717, 1.165) is 0 Å². The Kier molecular flexibility index (Phi) is 1.73. The topological polar surface area (TPSA) is 83.6 Å². The predicted molar refractivity (Wildman–Crippen MR) is 45.7 cm³/mol. The number of rotatable bonds is 1. The van der Waals surface area contributed by atoms with E-state index in [1.807, 2.05) is 0 Å². The van der Waals surface area contributed by atoms with Crippen LogP contribution in [0.2, 0.25) is 0 Å². The van der Waals surface area contributed by atoms with Crippen molar-refractivity contribution in [3.8, 4) is 0 Å². The van der Waals surface area contributed by atoms with Gasteiger partial charge in [-0.3, -0.25) is 9.55 Å². The van der Waals surface area contributed by atoms with Gasteiger partial charge in [0.25, 0.3) is 0 Å². The average Bonchev–Trinajstić information content (AvgIpc) is 2.48. The van der Waals surface area contributed by atoms with Gasteiger partial charge in [0.2, 0.25) is 0 Å². The molecule has 2 heterocycles. The second-order valence-corrected chi connectivity index (χ2v) is 4.08. The Balaban J connectivity index is 2.83. The minimum absolute atomic E-state index is 0.123. The minimum Gasteiger partial charge on any atom is -0.462 e. The summed E-state index contributed by atoms with van der Waals surface area (Å²) in [7, 11) is -4.26. The van der Waals surface area contributed by atoms with Crippen molar-refractivity contribution in [3.63, 3.8) is 0 Å². The van der Waals surface area contributed by atoms with E-state index in [1.165, 1.54) is 18.5 Å². The zero-order chi connectivity index (χ0) is 9.47. The summed E-state index contributed by atoms with van der Waals surface area (Å²) in [4.78, 5) is 21.7. The van der Waals surface area contributed by atoms with Gasteiger partial charge >= 0.3 is 7.60 Å². The van der Waals surface area contributed by atoms with E-state index in [1.54, 1.807) is 6.07 Å². The highest BCUT2D eigenvalue weighted by Crippen LogP contribution is 2.35. The molecular weight excluding hydrogens is 193 g/mol. The number of hydrogen-bond donors (Lipinski definition) is 2. The van der Waals surface area contributed by atoms with Crippen molar-refractivity contribution >= 4 is 24.0 Å². The Hall–Kier alpha value is -1.16. The Bertz CT molecular complexity index is 486. The molecule has 6 heteroatoms. The Labute approximate surface area is 73.2 Å². The molecule has 68 valence electrons. The fourth-order valence-electron chi connectivity index (χ4n) is 1.09. The molecule has 0 saturated heterocycles. The molecule has 0 aromatic carbocycles. The number of aromatic nitrogens is 1. The van der Waals surface area contributed by atoms with Gasteiger partial charge in [0, 0.05) is 12.3 Å². The van der Waals surface area contributed by atoms with Crippen molar-refractivity contribution in [2.24, 2.45) is 0 Å². The normalized spacial score (nSPS) is 12.2. The van der Waals surface area contributed by atoms with E-state index in [-0.39, 0.29) is 10.9 Å². The Morgan fingerprint density at radius 1 is 1.38 bits per heavy atom. The molecule has 0 radical (unpaired) electrons. The quantitative estimate of drug-likeness (QED) is 0.658. The maximum atomic E-state index is 11.0. The maximum Gasteiger partial charge on any atom is 0.360 e. The molecule has 13 heavy (non-hydrogen) atoms. The van der Waals surface area contributed by atoms with Gasteiger partial charge in [0.05, 0.1) is 6.26 Å². The van der Waals surface area contributed by atoms with Crippen LogP contribution in [0.3, 0.4) is 0 Å². The summed E-state index contributed by atoms with van der Waals surface area (Å²) in [5.74, 6) is 0. The van der Waals surface area contributed by atoms with Gasteiger partial charge in [-0.25, -0.2) is 0 Å². The molecule has 0 aliphatic carbocycles. The second-order valence-electron chi connectivity index (χ2n) is 2.51. The summed E-state index contributed by atoms with van der Waals surface area (Å²) in [5, 5.41) is -0.123. The lowest BCUT2D eigenvalue weighted by Crippen LogP contribution is -2.04. The fraction of sp³-hybridized carbons (Fsp3) is 0.